The lowest BCUT2D eigenvalue weighted by molar-refractivity contribution is -0.142. The van der Waals surface area contributed by atoms with Crippen LogP contribution < -0.4 is 5.32 Å². The molecule has 1 aromatic carbocycles. The maximum atomic E-state index is 11.7. The van der Waals surface area contributed by atoms with Gasteiger partial charge in [-0.05, 0) is 6.07 Å². The summed E-state index contributed by atoms with van der Waals surface area (Å²) in [6.45, 7) is 1.51. The molecule has 0 aliphatic heterocycles. The number of para-hydroxylation sites is 1. The van der Waals surface area contributed by atoms with Crippen LogP contribution in [0, 0.1) is 5.92 Å². The number of aromatic nitrogens is 1. The Hall–Kier alpha value is -2.30. The molecule has 0 fully saturated rings. The third kappa shape index (κ3) is 2.51. The van der Waals surface area contributed by atoms with Crippen molar-refractivity contribution in [1.29, 1.82) is 0 Å². The van der Waals surface area contributed by atoms with Gasteiger partial charge in [-0.25, -0.2) is 0 Å². The molecule has 5 heteroatoms. The third-order valence-corrected chi connectivity index (χ3v) is 2.78. The second kappa shape index (κ2) is 4.91. The number of amides is 1. The Balaban J connectivity index is 2.10. The molecule has 0 bridgehead atoms. The van der Waals surface area contributed by atoms with E-state index in [2.05, 4.69) is 10.3 Å². The van der Waals surface area contributed by atoms with Crippen LogP contribution in [0.5, 0.6) is 0 Å². The smallest absolute Gasteiger partial charge is 0.306 e. The molecule has 0 aliphatic carbocycles. The van der Waals surface area contributed by atoms with Gasteiger partial charge in [-0.2, -0.15) is 0 Å². The first-order valence-corrected chi connectivity index (χ1v) is 5.66. The molecule has 1 aromatic heterocycles. The molecule has 0 saturated carbocycles. The SMILES string of the molecule is CC(CC(=O)Nc1c[nH]c2ccccc12)C(=O)O. The summed E-state index contributed by atoms with van der Waals surface area (Å²) in [5.74, 6) is -1.95. The fourth-order valence-corrected chi connectivity index (χ4v) is 1.74. The summed E-state index contributed by atoms with van der Waals surface area (Å²) in [4.78, 5) is 25.4. The van der Waals surface area contributed by atoms with Crippen molar-refractivity contribution >= 4 is 28.5 Å². The zero-order valence-corrected chi connectivity index (χ0v) is 9.93. The predicted molar refractivity (Wildman–Crippen MR) is 68.3 cm³/mol. The Morgan fingerprint density at radius 3 is 2.83 bits per heavy atom. The number of anilines is 1. The number of hydrogen-bond acceptors (Lipinski definition) is 2. The van der Waals surface area contributed by atoms with Gasteiger partial charge in [0.15, 0.2) is 0 Å². The zero-order valence-electron chi connectivity index (χ0n) is 9.93. The Labute approximate surface area is 104 Å². The Kier molecular flexibility index (Phi) is 3.32. The van der Waals surface area contributed by atoms with Crippen molar-refractivity contribution in [3.63, 3.8) is 0 Å². The summed E-state index contributed by atoms with van der Waals surface area (Å²) in [6, 6.07) is 7.58. The highest BCUT2D eigenvalue weighted by Crippen LogP contribution is 2.22. The second-order valence-corrected chi connectivity index (χ2v) is 4.24. The first-order valence-electron chi connectivity index (χ1n) is 5.66. The topological polar surface area (TPSA) is 82.2 Å². The Morgan fingerprint density at radius 1 is 1.39 bits per heavy atom. The second-order valence-electron chi connectivity index (χ2n) is 4.24. The van der Waals surface area contributed by atoms with E-state index in [1.54, 1.807) is 6.20 Å². The summed E-state index contributed by atoms with van der Waals surface area (Å²) < 4.78 is 0. The van der Waals surface area contributed by atoms with E-state index in [4.69, 9.17) is 5.11 Å². The number of fused-ring (bicyclic) bond motifs is 1. The lowest BCUT2D eigenvalue weighted by Crippen LogP contribution is -2.19. The van der Waals surface area contributed by atoms with Crippen molar-refractivity contribution in [1.82, 2.24) is 4.98 Å². The van der Waals surface area contributed by atoms with Crippen LogP contribution in [0.3, 0.4) is 0 Å². The van der Waals surface area contributed by atoms with E-state index < -0.39 is 11.9 Å². The van der Waals surface area contributed by atoms with Gasteiger partial charge in [0.05, 0.1) is 11.6 Å². The molecule has 0 saturated heterocycles. The lowest BCUT2D eigenvalue weighted by Gasteiger charge is -2.06. The maximum Gasteiger partial charge on any atom is 0.306 e. The highest BCUT2D eigenvalue weighted by molar-refractivity contribution is 6.02. The minimum Gasteiger partial charge on any atom is -0.481 e. The third-order valence-electron chi connectivity index (χ3n) is 2.78. The summed E-state index contributed by atoms with van der Waals surface area (Å²) in [7, 11) is 0. The standard InChI is InChI=1S/C13H14N2O3/c1-8(13(17)18)6-12(16)15-11-7-14-10-5-3-2-4-9(10)11/h2-5,7-8,14H,6H2,1H3,(H,15,16)(H,17,18). The molecule has 1 unspecified atom stereocenters. The molecule has 0 radical (unpaired) electrons. The van der Waals surface area contributed by atoms with Crippen molar-refractivity contribution in [2.75, 3.05) is 5.32 Å². The molecule has 2 aromatic rings. The fourth-order valence-electron chi connectivity index (χ4n) is 1.74. The van der Waals surface area contributed by atoms with Crippen molar-refractivity contribution < 1.29 is 14.7 Å². The van der Waals surface area contributed by atoms with Crippen LogP contribution >= 0.6 is 0 Å². The van der Waals surface area contributed by atoms with E-state index in [9.17, 15) is 9.59 Å². The molecule has 1 atom stereocenters. The van der Waals surface area contributed by atoms with Gasteiger partial charge in [-0.3, -0.25) is 9.59 Å². The molecular weight excluding hydrogens is 232 g/mol. The largest absolute Gasteiger partial charge is 0.481 e. The average Bonchev–Trinajstić information content (AvgIpc) is 2.72. The van der Waals surface area contributed by atoms with E-state index in [0.717, 1.165) is 10.9 Å². The number of carboxylic acid groups (broad SMARTS) is 1. The van der Waals surface area contributed by atoms with Gasteiger partial charge < -0.3 is 15.4 Å². The van der Waals surface area contributed by atoms with Crippen LogP contribution in [-0.4, -0.2) is 22.0 Å². The molecule has 2 rings (SSSR count). The molecule has 94 valence electrons. The van der Waals surface area contributed by atoms with Gasteiger partial charge in [0.1, 0.15) is 0 Å². The van der Waals surface area contributed by atoms with Crippen molar-refractivity contribution in [3.8, 4) is 0 Å². The number of carboxylic acids is 1. The van der Waals surface area contributed by atoms with Crippen LogP contribution in [0.4, 0.5) is 5.69 Å². The van der Waals surface area contributed by atoms with Crippen LogP contribution in [0.1, 0.15) is 13.3 Å². The number of rotatable bonds is 4. The van der Waals surface area contributed by atoms with Gasteiger partial charge in [-0.1, -0.05) is 25.1 Å². The quantitative estimate of drug-likeness (QED) is 0.773. The molecular formula is C13H14N2O3. The Morgan fingerprint density at radius 2 is 2.11 bits per heavy atom. The van der Waals surface area contributed by atoms with Crippen molar-refractivity contribution in [3.05, 3.63) is 30.5 Å². The van der Waals surface area contributed by atoms with E-state index >= 15 is 0 Å². The monoisotopic (exact) mass is 246 g/mol. The van der Waals surface area contributed by atoms with E-state index in [-0.39, 0.29) is 12.3 Å². The number of carbonyl (C=O) groups is 2. The van der Waals surface area contributed by atoms with Gasteiger partial charge >= 0.3 is 5.97 Å². The number of hydrogen-bond donors (Lipinski definition) is 3. The van der Waals surface area contributed by atoms with Crippen LogP contribution in [0.2, 0.25) is 0 Å². The molecule has 3 N–H and O–H groups in total. The number of H-pyrrole nitrogens is 1. The van der Waals surface area contributed by atoms with Crippen LogP contribution in [-0.2, 0) is 9.59 Å². The maximum absolute atomic E-state index is 11.7. The molecule has 5 nitrogen and oxygen atoms in total. The molecule has 1 amide bonds. The Bertz CT molecular complexity index is 589. The first kappa shape index (κ1) is 12.2. The summed E-state index contributed by atoms with van der Waals surface area (Å²) in [5, 5.41) is 12.4. The van der Waals surface area contributed by atoms with Crippen LogP contribution in [0.15, 0.2) is 30.5 Å². The average molecular weight is 246 g/mol. The first-order chi connectivity index (χ1) is 8.58. The molecule has 18 heavy (non-hydrogen) atoms. The molecule has 1 heterocycles. The number of carbonyl (C=O) groups excluding carboxylic acids is 1. The number of benzene rings is 1. The van der Waals surface area contributed by atoms with E-state index in [1.165, 1.54) is 6.92 Å². The van der Waals surface area contributed by atoms with E-state index in [1.807, 2.05) is 24.3 Å². The summed E-state index contributed by atoms with van der Waals surface area (Å²) in [5.41, 5.74) is 1.60. The molecule has 0 aliphatic rings. The minimum atomic E-state index is -0.968. The summed E-state index contributed by atoms with van der Waals surface area (Å²) >= 11 is 0. The van der Waals surface area contributed by atoms with Gasteiger partial charge in [0.2, 0.25) is 5.91 Å². The lowest BCUT2D eigenvalue weighted by atomic mass is 10.1. The van der Waals surface area contributed by atoms with Gasteiger partial charge in [0, 0.05) is 23.5 Å². The highest BCUT2D eigenvalue weighted by atomic mass is 16.4. The minimum absolute atomic E-state index is 0.0329. The van der Waals surface area contributed by atoms with Gasteiger partial charge in [0.25, 0.3) is 0 Å². The van der Waals surface area contributed by atoms with Crippen LogP contribution in [0.25, 0.3) is 10.9 Å². The fraction of sp³-hybridized carbons (Fsp3) is 0.231. The summed E-state index contributed by atoms with van der Waals surface area (Å²) in [6.07, 6.45) is 1.67. The van der Waals surface area contributed by atoms with E-state index in [0.29, 0.717) is 5.69 Å². The zero-order chi connectivity index (χ0) is 13.1. The molecule has 0 spiro atoms. The predicted octanol–water partition coefficient (Wildman–Crippen LogP) is 2.22. The highest BCUT2D eigenvalue weighted by Gasteiger charge is 2.16. The number of aliphatic carboxylic acids is 1. The normalized spacial score (nSPS) is 12.3. The van der Waals surface area contributed by atoms with Crippen molar-refractivity contribution in [2.45, 2.75) is 13.3 Å². The van der Waals surface area contributed by atoms with Gasteiger partial charge in [-0.15, -0.1) is 0 Å². The number of aromatic amines is 1. The van der Waals surface area contributed by atoms with Crippen molar-refractivity contribution in [2.24, 2.45) is 5.92 Å². The number of nitrogens with one attached hydrogen (secondary N) is 2.